The normalized spacial score (nSPS) is 13.9. The molecule has 0 fully saturated rings. The molecule has 140 valence electrons. The number of hydrogen-bond acceptors (Lipinski definition) is 2. The zero-order valence-corrected chi connectivity index (χ0v) is 15.1. The molecule has 0 saturated heterocycles. The highest BCUT2D eigenvalue weighted by atomic mass is 19.1. The third-order valence-electron chi connectivity index (χ3n) is 4.92. The first-order valence-electron chi connectivity index (χ1n) is 9.11. The second kappa shape index (κ2) is 7.64. The standard InChI is InChI=1S/C23H19FN2O2/c24-18-12-10-16(11-13-18)21(14-22(27)25-19-7-2-1-3-8-19)26-15-17-6-4-5-9-20(17)23(26)28/h1-13,21H,14-15H2,(H,25,27)/t21-/m0/s1. The lowest BCUT2D eigenvalue weighted by atomic mass is 10.0. The van der Waals surface area contributed by atoms with Gasteiger partial charge in [-0.2, -0.15) is 0 Å². The Labute approximate surface area is 162 Å². The largest absolute Gasteiger partial charge is 0.327 e. The number of para-hydroxylation sites is 1. The molecule has 3 aromatic rings. The average molecular weight is 374 g/mol. The molecule has 4 nitrogen and oxygen atoms in total. The number of nitrogens with zero attached hydrogens (tertiary/aromatic N) is 1. The SMILES string of the molecule is O=C(C[C@@H](c1ccc(F)cc1)N1Cc2ccccc2C1=O)Nc1ccccc1. The van der Waals surface area contributed by atoms with Crippen molar-refractivity contribution in [1.29, 1.82) is 0 Å². The molecule has 0 aromatic heterocycles. The third-order valence-corrected chi connectivity index (χ3v) is 4.92. The maximum atomic E-state index is 13.4. The quantitative estimate of drug-likeness (QED) is 0.712. The number of rotatable bonds is 5. The number of amides is 2. The molecule has 1 heterocycles. The minimum Gasteiger partial charge on any atom is -0.327 e. The van der Waals surface area contributed by atoms with Crippen LogP contribution in [-0.2, 0) is 11.3 Å². The van der Waals surface area contributed by atoms with E-state index in [1.807, 2.05) is 48.5 Å². The minimum absolute atomic E-state index is 0.0836. The predicted molar refractivity (Wildman–Crippen MR) is 105 cm³/mol. The van der Waals surface area contributed by atoms with Crippen LogP contribution in [0.1, 0.15) is 33.9 Å². The molecule has 0 bridgehead atoms. The van der Waals surface area contributed by atoms with Gasteiger partial charge in [0.05, 0.1) is 12.5 Å². The number of benzene rings is 3. The van der Waals surface area contributed by atoms with E-state index in [1.54, 1.807) is 23.1 Å². The van der Waals surface area contributed by atoms with Crippen molar-refractivity contribution in [2.24, 2.45) is 0 Å². The Morgan fingerprint density at radius 1 is 0.964 bits per heavy atom. The summed E-state index contributed by atoms with van der Waals surface area (Å²) in [6.07, 6.45) is 0.0836. The summed E-state index contributed by atoms with van der Waals surface area (Å²) in [4.78, 5) is 27.3. The molecule has 4 rings (SSSR count). The number of carbonyl (C=O) groups excluding carboxylic acids is 2. The molecule has 0 radical (unpaired) electrons. The lowest BCUT2D eigenvalue weighted by Gasteiger charge is -2.28. The van der Waals surface area contributed by atoms with E-state index in [2.05, 4.69) is 5.32 Å². The van der Waals surface area contributed by atoms with Crippen LogP contribution in [-0.4, -0.2) is 16.7 Å². The van der Waals surface area contributed by atoms with Crippen molar-refractivity contribution in [1.82, 2.24) is 4.90 Å². The molecular formula is C23H19FN2O2. The number of halogens is 1. The first kappa shape index (κ1) is 17.9. The van der Waals surface area contributed by atoms with Crippen LogP contribution in [0.3, 0.4) is 0 Å². The highest BCUT2D eigenvalue weighted by molar-refractivity contribution is 5.99. The van der Waals surface area contributed by atoms with Crippen molar-refractivity contribution in [2.45, 2.75) is 19.0 Å². The van der Waals surface area contributed by atoms with Crippen LogP contribution in [0.2, 0.25) is 0 Å². The van der Waals surface area contributed by atoms with Crippen LogP contribution in [0.4, 0.5) is 10.1 Å². The number of fused-ring (bicyclic) bond motifs is 1. The summed E-state index contributed by atoms with van der Waals surface area (Å²) in [6, 6.07) is 22.1. The molecule has 0 spiro atoms. The molecule has 0 aliphatic carbocycles. The van der Waals surface area contributed by atoms with Gasteiger partial charge in [-0.1, -0.05) is 48.5 Å². The highest BCUT2D eigenvalue weighted by Crippen LogP contribution is 2.33. The van der Waals surface area contributed by atoms with Crippen LogP contribution >= 0.6 is 0 Å². The minimum atomic E-state index is -0.482. The number of anilines is 1. The van der Waals surface area contributed by atoms with Gasteiger partial charge < -0.3 is 10.2 Å². The van der Waals surface area contributed by atoms with Crippen molar-refractivity contribution in [3.05, 3.63) is 101 Å². The lowest BCUT2D eigenvalue weighted by molar-refractivity contribution is -0.117. The summed E-state index contributed by atoms with van der Waals surface area (Å²) in [7, 11) is 0. The van der Waals surface area contributed by atoms with Crippen LogP contribution < -0.4 is 5.32 Å². The Balaban J connectivity index is 1.61. The summed E-state index contributed by atoms with van der Waals surface area (Å²) in [5, 5.41) is 2.86. The number of hydrogen-bond donors (Lipinski definition) is 1. The van der Waals surface area contributed by atoms with Gasteiger partial charge in [-0.05, 0) is 41.5 Å². The molecule has 1 atom stereocenters. The monoisotopic (exact) mass is 374 g/mol. The van der Waals surface area contributed by atoms with Gasteiger partial charge >= 0.3 is 0 Å². The Morgan fingerprint density at radius 3 is 2.36 bits per heavy atom. The Morgan fingerprint density at radius 2 is 1.64 bits per heavy atom. The lowest BCUT2D eigenvalue weighted by Crippen LogP contribution is -2.32. The van der Waals surface area contributed by atoms with Gasteiger partial charge in [-0.15, -0.1) is 0 Å². The van der Waals surface area contributed by atoms with Crippen molar-refractivity contribution >= 4 is 17.5 Å². The number of nitrogens with one attached hydrogen (secondary N) is 1. The van der Waals surface area contributed by atoms with Gasteiger partial charge in [-0.25, -0.2) is 4.39 Å². The zero-order valence-electron chi connectivity index (χ0n) is 15.1. The van der Waals surface area contributed by atoms with Crippen molar-refractivity contribution < 1.29 is 14.0 Å². The second-order valence-corrected chi connectivity index (χ2v) is 6.78. The average Bonchev–Trinajstić information content (AvgIpc) is 3.04. The predicted octanol–water partition coefficient (Wildman–Crippen LogP) is 4.55. The van der Waals surface area contributed by atoms with E-state index in [0.29, 0.717) is 17.8 Å². The van der Waals surface area contributed by atoms with E-state index in [0.717, 1.165) is 11.1 Å². The van der Waals surface area contributed by atoms with Gasteiger partial charge in [-0.3, -0.25) is 9.59 Å². The molecule has 0 saturated carbocycles. The smallest absolute Gasteiger partial charge is 0.255 e. The molecular weight excluding hydrogens is 355 g/mol. The Kier molecular flexibility index (Phi) is 4.89. The Hall–Kier alpha value is -3.47. The Bertz CT molecular complexity index is 1000. The molecule has 0 unspecified atom stereocenters. The fourth-order valence-corrected chi connectivity index (χ4v) is 3.53. The molecule has 5 heteroatoms. The first-order chi connectivity index (χ1) is 13.6. The summed E-state index contributed by atoms with van der Waals surface area (Å²) in [6.45, 7) is 0.426. The van der Waals surface area contributed by atoms with E-state index >= 15 is 0 Å². The summed E-state index contributed by atoms with van der Waals surface area (Å²) in [5.41, 5.74) is 3.01. The maximum absolute atomic E-state index is 13.4. The third kappa shape index (κ3) is 3.64. The molecule has 1 N–H and O–H groups in total. The zero-order chi connectivity index (χ0) is 19.5. The van der Waals surface area contributed by atoms with E-state index in [1.165, 1.54) is 12.1 Å². The molecule has 3 aromatic carbocycles. The molecule has 2 amide bonds. The van der Waals surface area contributed by atoms with Gasteiger partial charge in [0.25, 0.3) is 5.91 Å². The highest BCUT2D eigenvalue weighted by Gasteiger charge is 2.34. The van der Waals surface area contributed by atoms with E-state index in [-0.39, 0.29) is 24.1 Å². The van der Waals surface area contributed by atoms with Crippen LogP contribution in [0.15, 0.2) is 78.9 Å². The first-order valence-corrected chi connectivity index (χ1v) is 9.11. The van der Waals surface area contributed by atoms with Gasteiger partial charge in [0, 0.05) is 17.8 Å². The summed E-state index contributed by atoms with van der Waals surface area (Å²) >= 11 is 0. The fraction of sp³-hybridized carbons (Fsp3) is 0.130. The van der Waals surface area contributed by atoms with Crippen LogP contribution in [0.5, 0.6) is 0 Å². The summed E-state index contributed by atoms with van der Waals surface area (Å²) in [5.74, 6) is -0.672. The van der Waals surface area contributed by atoms with E-state index in [4.69, 9.17) is 0 Å². The van der Waals surface area contributed by atoms with Crippen molar-refractivity contribution in [3.63, 3.8) is 0 Å². The van der Waals surface area contributed by atoms with E-state index in [9.17, 15) is 14.0 Å². The van der Waals surface area contributed by atoms with Gasteiger partial charge in [0.15, 0.2) is 0 Å². The van der Waals surface area contributed by atoms with Gasteiger partial charge in [0.2, 0.25) is 5.91 Å². The molecule has 1 aliphatic heterocycles. The topological polar surface area (TPSA) is 49.4 Å². The van der Waals surface area contributed by atoms with E-state index < -0.39 is 6.04 Å². The molecule has 1 aliphatic rings. The summed E-state index contributed by atoms with van der Waals surface area (Å²) < 4.78 is 13.4. The fourth-order valence-electron chi connectivity index (χ4n) is 3.53. The number of carbonyl (C=O) groups is 2. The van der Waals surface area contributed by atoms with Gasteiger partial charge in [0.1, 0.15) is 5.82 Å². The van der Waals surface area contributed by atoms with Crippen LogP contribution in [0, 0.1) is 5.82 Å². The van der Waals surface area contributed by atoms with Crippen LogP contribution in [0.25, 0.3) is 0 Å². The molecule has 28 heavy (non-hydrogen) atoms. The van der Waals surface area contributed by atoms with Crippen molar-refractivity contribution in [3.8, 4) is 0 Å². The van der Waals surface area contributed by atoms with Crippen molar-refractivity contribution in [2.75, 3.05) is 5.32 Å². The second-order valence-electron chi connectivity index (χ2n) is 6.78. The maximum Gasteiger partial charge on any atom is 0.255 e.